The molecule has 1 aliphatic carbocycles. The van der Waals surface area contributed by atoms with E-state index in [1.165, 1.54) is 12.3 Å². The highest BCUT2D eigenvalue weighted by molar-refractivity contribution is 5.92. The van der Waals surface area contributed by atoms with Gasteiger partial charge in [-0.05, 0) is 31.4 Å². The highest BCUT2D eigenvalue weighted by atomic mass is 19.1. The monoisotopic (exact) mass is 291 g/mol. The number of nitro groups is 1. The second-order valence-corrected chi connectivity index (χ2v) is 5.18. The van der Waals surface area contributed by atoms with Crippen LogP contribution in [-0.2, 0) is 0 Å². The van der Waals surface area contributed by atoms with Crippen LogP contribution >= 0.6 is 0 Å². The van der Waals surface area contributed by atoms with Crippen molar-refractivity contribution in [3.63, 3.8) is 0 Å². The molecule has 2 atom stereocenters. The van der Waals surface area contributed by atoms with Crippen LogP contribution in [0.25, 0.3) is 10.9 Å². The van der Waals surface area contributed by atoms with Crippen molar-refractivity contribution in [3.05, 3.63) is 40.3 Å². The van der Waals surface area contributed by atoms with Crippen molar-refractivity contribution < 1.29 is 14.1 Å². The van der Waals surface area contributed by atoms with Crippen molar-refractivity contribution in [1.82, 2.24) is 4.98 Å². The molecule has 1 aromatic heterocycles. The molecule has 1 saturated carbocycles. The van der Waals surface area contributed by atoms with Crippen LogP contribution in [0.5, 0.6) is 5.75 Å². The zero-order chi connectivity index (χ0) is 15.0. The van der Waals surface area contributed by atoms with Gasteiger partial charge < -0.3 is 10.5 Å². The van der Waals surface area contributed by atoms with Crippen LogP contribution in [-0.4, -0.2) is 22.1 Å². The molecule has 7 heteroatoms. The molecule has 21 heavy (non-hydrogen) atoms. The van der Waals surface area contributed by atoms with Crippen LogP contribution in [0.15, 0.2) is 24.4 Å². The lowest BCUT2D eigenvalue weighted by atomic mass is 10.1. The fraction of sp³-hybridized carbons (Fsp3) is 0.357. The van der Waals surface area contributed by atoms with Gasteiger partial charge in [-0.15, -0.1) is 0 Å². The van der Waals surface area contributed by atoms with Crippen LogP contribution in [0.4, 0.5) is 10.1 Å². The minimum Gasteiger partial charge on any atom is -0.485 e. The van der Waals surface area contributed by atoms with E-state index >= 15 is 0 Å². The number of benzene rings is 1. The SMILES string of the molecule is NC1CCC(Oc2c(F)cc([N+](=O)[O-])c3cccnc23)C1. The largest absolute Gasteiger partial charge is 0.485 e. The summed E-state index contributed by atoms with van der Waals surface area (Å²) >= 11 is 0. The van der Waals surface area contributed by atoms with Gasteiger partial charge in [0, 0.05) is 12.2 Å². The van der Waals surface area contributed by atoms with Gasteiger partial charge in [0.15, 0.2) is 11.6 Å². The average molecular weight is 291 g/mol. The normalized spacial score (nSPS) is 21.6. The van der Waals surface area contributed by atoms with Crippen LogP contribution < -0.4 is 10.5 Å². The van der Waals surface area contributed by atoms with Gasteiger partial charge in [-0.3, -0.25) is 15.1 Å². The van der Waals surface area contributed by atoms with Gasteiger partial charge in [0.2, 0.25) is 0 Å². The number of nitro benzene ring substituents is 1. The molecule has 2 aromatic rings. The van der Waals surface area contributed by atoms with Crippen LogP contribution in [0, 0.1) is 15.9 Å². The summed E-state index contributed by atoms with van der Waals surface area (Å²) in [4.78, 5) is 14.4. The third-order valence-corrected chi connectivity index (χ3v) is 3.69. The molecule has 0 spiro atoms. The fourth-order valence-corrected chi connectivity index (χ4v) is 2.68. The Hall–Kier alpha value is -2.28. The van der Waals surface area contributed by atoms with E-state index in [0.29, 0.717) is 6.42 Å². The number of nitrogens with two attached hydrogens (primary N) is 1. The van der Waals surface area contributed by atoms with Gasteiger partial charge in [0.1, 0.15) is 11.6 Å². The lowest BCUT2D eigenvalue weighted by Gasteiger charge is -2.15. The molecule has 2 N–H and O–H groups in total. The molecule has 0 amide bonds. The van der Waals surface area contributed by atoms with E-state index in [1.807, 2.05) is 0 Å². The third kappa shape index (κ3) is 2.52. The van der Waals surface area contributed by atoms with E-state index in [2.05, 4.69) is 4.98 Å². The number of ether oxygens (including phenoxy) is 1. The van der Waals surface area contributed by atoms with Crippen LogP contribution in [0.3, 0.4) is 0 Å². The Morgan fingerprint density at radius 3 is 2.95 bits per heavy atom. The molecule has 3 rings (SSSR count). The van der Waals surface area contributed by atoms with E-state index in [1.54, 1.807) is 6.07 Å². The number of hydrogen-bond donors (Lipinski definition) is 1. The maximum Gasteiger partial charge on any atom is 0.281 e. The van der Waals surface area contributed by atoms with E-state index in [4.69, 9.17) is 10.5 Å². The lowest BCUT2D eigenvalue weighted by molar-refractivity contribution is -0.383. The fourth-order valence-electron chi connectivity index (χ4n) is 2.68. The number of non-ortho nitro benzene ring substituents is 1. The first-order valence-electron chi connectivity index (χ1n) is 6.70. The molecule has 1 aromatic carbocycles. The van der Waals surface area contributed by atoms with Crippen molar-refractivity contribution in [1.29, 1.82) is 0 Å². The van der Waals surface area contributed by atoms with E-state index < -0.39 is 10.7 Å². The van der Waals surface area contributed by atoms with Crippen LogP contribution in [0.2, 0.25) is 0 Å². The summed E-state index contributed by atoms with van der Waals surface area (Å²) in [6.45, 7) is 0. The number of hydrogen-bond acceptors (Lipinski definition) is 5. The molecule has 0 aliphatic heterocycles. The number of pyridine rings is 1. The summed E-state index contributed by atoms with van der Waals surface area (Å²) in [7, 11) is 0. The number of halogens is 1. The zero-order valence-corrected chi connectivity index (χ0v) is 11.2. The predicted molar refractivity (Wildman–Crippen MR) is 74.6 cm³/mol. The molecular formula is C14H14FN3O3. The summed E-state index contributed by atoms with van der Waals surface area (Å²) in [5.41, 5.74) is 5.67. The highest BCUT2D eigenvalue weighted by Gasteiger charge is 2.27. The zero-order valence-electron chi connectivity index (χ0n) is 11.2. The minimum absolute atomic E-state index is 0.0321. The van der Waals surface area contributed by atoms with Gasteiger partial charge in [0.25, 0.3) is 5.69 Å². The predicted octanol–water partition coefficient (Wildman–Crippen LogP) is 2.54. The number of rotatable bonds is 3. The maximum absolute atomic E-state index is 14.2. The van der Waals surface area contributed by atoms with Crippen molar-refractivity contribution in [2.75, 3.05) is 0 Å². The van der Waals surface area contributed by atoms with Gasteiger partial charge in [-0.1, -0.05) is 0 Å². The molecular weight excluding hydrogens is 277 g/mol. The van der Waals surface area contributed by atoms with Crippen molar-refractivity contribution in [2.24, 2.45) is 5.73 Å². The van der Waals surface area contributed by atoms with Gasteiger partial charge in [-0.2, -0.15) is 0 Å². The van der Waals surface area contributed by atoms with Gasteiger partial charge in [0.05, 0.1) is 16.4 Å². The van der Waals surface area contributed by atoms with E-state index in [0.717, 1.165) is 18.9 Å². The molecule has 0 radical (unpaired) electrons. The maximum atomic E-state index is 14.2. The second kappa shape index (κ2) is 5.25. The molecule has 1 heterocycles. The number of fused-ring (bicyclic) bond motifs is 1. The van der Waals surface area contributed by atoms with Gasteiger partial charge in [-0.25, -0.2) is 4.39 Å². The van der Waals surface area contributed by atoms with Crippen LogP contribution in [0.1, 0.15) is 19.3 Å². The van der Waals surface area contributed by atoms with Gasteiger partial charge >= 0.3 is 0 Å². The first kappa shape index (κ1) is 13.7. The molecule has 2 unspecified atom stereocenters. The first-order valence-corrected chi connectivity index (χ1v) is 6.70. The molecule has 110 valence electrons. The quantitative estimate of drug-likeness (QED) is 0.693. The summed E-state index contributed by atoms with van der Waals surface area (Å²) in [5, 5.41) is 11.3. The van der Waals surface area contributed by atoms with Crippen molar-refractivity contribution in [3.8, 4) is 5.75 Å². The Morgan fingerprint density at radius 1 is 1.48 bits per heavy atom. The molecule has 0 saturated heterocycles. The molecule has 1 aliphatic rings. The Kier molecular flexibility index (Phi) is 3.42. The summed E-state index contributed by atoms with van der Waals surface area (Å²) < 4.78 is 19.9. The Labute approximate surface area is 119 Å². The molecule has 6 nitrogen and oxygen atoms in total. The highest BCUT2D eigenvalue weighted by Crippen LogP contribution is 2.36. The molecule has 1 fully saturated rings. The first-order chi connectivity index (χ1) is 10.1. The third-order valence-electron chi connectivity index (χ3n) is 3.69. The van der Waals surface area contributed by atoms with E-state index in [9.17, 15) is 14.5 Å². The lowest BCUT2D eigenvalue weighted by Crippen LogP contribution is -2.19. The topological polar surface area (TPSA) is 91.3 Å². The van der Waals surface area contributed by atoms with E-state index in [-0.39, 0.29) is 34.5 Å². The summed E-state index contributed by atoms with van der Waals surface area (Å²) in [6.07, 6.45) is 3.49. The van der Waals surface area contributed by atoms with Crippen molar-refractivity contribution >= 4 is 16.6 Å². The Morgan fingerprint density at radius 2 is 2.29 bits per heavy atom. The smallest absolute Gasteiger partial charge is 0.281 e. The number of nitrogens with zero attached hydrogens (tertiary/aromatic N) is 2. The standard InChI is InChI=1S/C14H14FN3O3/c15-11-7-12(18(19)20)10-2-1-5-17-13(10)14(11)21-9-4-3-8(16)6-9/h1-2,5,7-9H,3-4,6,16H2. The molecule has 0 bridgehead atoms. The Balaban J connectivity index is 2.08. The summed E-state index contributed by atoms with van der Waals surface area (Å²) in [5.74, 6) is -0.802. The summed E-state index contributed by atoms with van der Waals surface area (Å²) in [6, 6.07) is 4.04. The average Bonchev–Trinajstić information content (AvgIpc) is 2.87. The minimum atomic E-state index is -0.770. The Bertz CT molecular complexity index is 707. The second-order valence-electron chi connectivity index (χ2n) is 5.18. The van der Waals surface area contributed by atoms with Crippen molar-refractivity contribution in [2.45, 2.75) is 31.4 Å². The number of aromatic nitrogens is 1.